The lowest BCUT2D eigenvalue weighted by Gasteiger charge is -2.25. The number of fused-ring (bicyclic) bond motifs is 2. The van der Waals surface area contributed by atoms with E-state index < -0.39 is 6.04 Å². The molecule has 1 aliphatic heterocycles. The van der Waals surface area contributed by atoms with Gasteiger partial charge in [-0.15, -0.1) is 0 Å². The first-order valence-electron chi connectivity index (χ1n) is 15.2. The van der Waals surface area contributed by atoms with Crippen molar-refractivity contribution in [2.45, 2.75) is 19.6 Å². The number of hydrogen-bond acceptors (Lipinski definition) is 6. The van der Waals surface area contributed by atoms with Gasteiger partial charge >= 0.3 is 0 Å². The Bertz CT molecular complexity index is 2320. The van der Waals surface area contributed by atoms with Crippen LogP contribution in [0, 0.1) is 0 Å². The van der Waals surface area contributed by atoms with Crippen LogP contribution in [0.1, 0.15) is 29.7 Å². The summed E-state index contributed by atoms with van der Waals surface area (Å²) in [5, 5.41) is 5.33. The number of rotatable bonds is 8. The molecule has 47 heavy (non-hydrogen) atoms. The molecule has 0 spiro atoms. The summed E-state index contributed by atoms with van der Waals surface area (Å²) in [6.45, 7) is 2.25. The molecule has 7 nitrogen and oxygen atoms in total. The second-order valence-corrected chi connectivity index (χ2v) is 12.2. The van der Waals surface area contributed by atoms with Crippen LogP contribution in [0.15, 0.2) is 142 Å². The van der Waals surface area contributed by atoms with E-state index in [2.05, 4.69) is 29.6 Å². The van der Waals surface area contributed by atoms with Gasteiger partial charge in [0.05, 0.1) is 29.0 Å². The molecule has 5 aromatic carbocycles. The summed E-state index contributed by atoms with van der Waals surface area (Å²) < 4.78 is 13.7. The van der Waals surface area contributed by atoms with Crippen molar-refractivity contribution in [3.05, 3.63) is 169 Å². The molecule has 1 N–H and O–H groups in total. The Morgan fingerprint density at radius 1 is 0.894 bits per heavy atom. The van der Waals surface area contributed by atoms with E-state index in [1.807, 2.05) is 103 Å². The lowest BCUT2D eigenvalue weighted by molar-refractivity contribution is -0.113. The summed E-state index contributed by atoms with van der Waals surface area (Å²) in [5.74, 6) is 1.04. The fourth-order valence-electron chi connectivity index (χ4n) is 5.85. The van der Waals surface area contributed by atoms with Crippen LogP contribution in [-0.2, 0) is 11.4 Å². The first kappa shape index (κ1) is 30.0. The van der Waals surface area contributed by atoms with Crippen LogP contribution < -0.4 is 29.7 Å². The minimum absolute atomic E-state index is 0.227. The van der Waals surface area contributed by atoms with Crippen molar-refractivity contribution in [3.8, 4) is 11.5 Å². The summed E-state index contributed by atoms with van der Waals surface area (Å²) in [4.78, 5) is 33.2. The maximum Gasteiger partial charge on any atom is 0.271 e. The predicted octanol–water partition coefficient (Wildman–Crippen LogP) is 6.61. The van der Waals surface area contributed by atoms with Crippen molar-refractivity contribution < 1.29 is 14.3 Å². The lowest BCUT2D eigenvalue weighted by atomic mass is 9.95. The zero-order chi connectivity index (χ0) is 32.3. The lowest BCUT2D eigenvalue weighted by Crippen LogP contribution is -2.40. The largest absolute Gasteiger partial charge is 0.497 e. The molecule has 1 aliphatic rings. The molecule has 232 valence electrons. The topological polar surface area (TPSA) is 81.9 Å². The molecule has 2 heterocycles. The van der Waals surface area contributed by atoms with E-state index in [1.54, 1.807) is 18.6 Å². The molecule has 1 aromatic heterocycles. The molecule has 0 radical (unpaired) electrons. The van der Waals surface area contributed by atoms with Gasteiger partial charge in [-0.1, -0.05) is 96.3 Å². The first-order chi connectivity index (χ1) is 23.0. The Morgan fingerprint density at radius 2 is 1.64 bits per heavy atom. The number of carbonyl (C=O) groups excluding carboxylic acids is 1. The van der Waals surface area contributed by atoms with Crippen molar-refractivity contribution in [3.63, 3.8) is 0 Å². The summed E-state index contributed by atoms with van der Waals surface area (Å²) in [5.41, 5.74) is 4.09. The Morgan fingerprint density at radius 3 is 2.45 bits per heavy atom. The number of aromatic nitrogens is 1. The number of allylic oxidation sites excluding steroid dienone is 1. The SMILES string of the molecule is COc1cccc([C@@H]2C(C(=O)Nc3ccccc3)=C(C)N=c3s/c(=C\c4ccc(OCc5cccc6ccccc56)cc4)c(=O)n32)c1. The fraction of sp³-hybridized carbons (Fsp3) is 0.103. The molecule has 0 unspecified atom stereocenters. The van der Waals surface area contributed by atoms with Gasteiger partial charge in [0.1, 0.15) is 18.1 Å². The van der Waals surface area contributed by atoms with E-state index in [1.165, 1.54) is 22.1 Å². The number of hydrogen-bond donors (Lipinski definition) is 1. The second kappa shape index (κ2) is 12.9. The Hall–Kier alpha value is -5.73. The third kappa shape index (κ3) is 6.11. The van der Waals surface area contributed by atoms with Crippen LogP contribution in [0.5, 0.6) is 11.5 Å². The molecule has 0 saturated carbocycles. The third-order valence-electron chi connectivity index (χ3n) is 8.16. The maximum absolute atomic E-state index is 14.1. The van der Waals surface area contributed by atoms with Gasteiger partial charge in [0.2, 0.25) is 0 Å². The van der Waals surface area contributed by atoms with Crippen molar-refractivity contribution in [1.82, 2.24) is 4.57 Å². The van der Waals surface area contributed by atoms with Crippen LogP contribution >= 0.6 is 11.3 Å². The van der Waals surface area contributed by atoms with E-state index >= 15 is 0 Å². The highest BCUT2D eigenvalue weighted by molar-refractivity contribution is 7.07. The van der Waals surface area contributed by atoms with Crippen molar-refractivity contribution in [2.24, 2.45) is 4.99 Å². The molecular weight excluding hydrogens is 607 g/mol. The smallest absolute Gasteiger partial charge is 0.271 e. The molecule has 0 aliphatic carbocycles. The van der Waals surface area contributed by atoms with E-state index in [-0.39, 0.29) is 11.5 Å². The van der Waals surface area contributed by atoms with E-state index in [0.717, 1.165) is 22.4 Å². The van der Waals surface area contributed by atoms with Gasteiger partial charge in [-0.05, 0) is 76.9 Å². The van der Waals surface area contributed by atoms with Crippen molar-refractivity contribution in [2.75, 3.05) is 12.4 Å². The van der Waals surface area contributed by atoms with Gasteiger partial charge in [-0.25, -0.2) is 4.99 Å². The summed E-state index contributed by atoms with van der Waals surface area (Å²) >= 11 is 1.30. The number of anilines is 1. The minimum atomic E-state index is -0.697. The zero-order valence-corrected chi connectivity index (χ0v) is 26.7. The van der Waals surface area contributed by atoms with Crippen LogP contribution in [0.2, 0.25) is 0 Å². The monoisotopic (exact) mass is 637 g/mol. The third-order valence-corrected chi connectivity index (χ3v) is 9.14. The van der Waals surface area contributed by atoms with Gasteiger partial charge < -0.3 is 14.8 Å². The molecule has 8 heteroatoms. The average Bonchev–Trinajstić information content (AvgIpc) is 3.41. The average molecular weight is 638 g/mol. The Balaban J connectivity index is 1.21. The number of benzene rings is 5. The van der Waals surface area contributed by atoms with E-state index in [0.29, 0.717) is 38.6 Å². The van der Waals surface area contributed by atoms with Crippen molar-refractivity contribution in [1.29, 1.82) is 0 Å². The van der Waals surface area contributed by atoms with Gasteiger partial charge in [0.15, 0.2) is 4.80 Å². The number of nitrogens with one attached hydrogen (secondary N) is 1. The maximum atomic E-state index is 14.1. The molecule has 1 atom stereocenters. The predicted molar refractivity (Wildman–Crippen MR) is 187 cm³/mol. The van der Waals surface area contributed by atoms with Gasteiger partial charge in [0.25, 0.3) is 11.5 Å². The van der Waals surface area contributed by atoms with Gasteiger partial charge in [0, 0.05) is 5.69 Å². The first-order valence-corrected chi connectivity index (χ1v) is 16.0. The summed E-state index contributed by atoms with van der Waals surface area (Å²) in [7, 11) is 1.59. The molecule has 6 aromatic rings. The van der Waals surface area contributed by atoms with Crippen molar-refractivity contribution >= 4 is 39.8 Å². The zero-order valence-electron chi connectivity index (χ0n) is 25.8. The number of ether oxygens (including phenoxy) is 2. The number of carbonyl (C=O) groups is 1. The van der Waals surface area contributed by atoms with Crippen LogP contribution in [0.4, 0.5) is 5.69 Å². The fourth-order valence-corrected chi connectivity index (χ4v) is 6.90. The molecule has 1 amide bonds. The number of methoxy groups -OCH3 is 1. The normalized spacial score (nSPS) is 14.4. The molecule has 7 rings (SSSR count). The van der Waals surface area contributed by atoms with Crippen LogP contribution in [0.25, 0.3) is 16.8 Å². The highest BCUT2D eigenvalue weighted by Crippen LogP contribution is 2.32. The number of amides is 1. The minimum Gasteiger partial charge on any atom is -0.497 e. The number of nitrogens with zero attached hydrogens (tertiary/aromatic N) is 2. The standard InChI is InChI=1S/C39H31N3O4S/c1-25-35(37(43)41-30-14-4-3-5-15-30)36(28-12-9-16-32(23-28)45-2)42-38(44)34(47-39(42)40-25)22-26-18-20-31(21-19-26)46-24-29-13-8-11-27-10-6-7-17-33(27)29/h3-23,36H,24H2,1-2H3,(H,41,43)/b34-22-/t36-/m1/s1. The summed E-state index contributed by atoms with van der Waals surface area (Å²) in [6.07, 6.45) is 1.85. The van der Waals surface area contributed by atoms with Crippen LogP contribution in [-0.4, -0.2) is 17.6 Å². The molecule has 0 fully saturated rings. The highest BCUT2D eigenvalue weighted by atomic mass is 32.1. The van der Waals surface area contributed by atoms with E-state index in [4.69, 9.17) is 14.5 Å². The van der Waals surface area contributed by atoms with Crippen LogP contribution in [0.3, 0.4) is 0 Å². The quantitative estimate of drug-likeness (QED) is 0.204. The number of thiazole rings is 1. The summed E-state index contributed by atoms with van der Waals surface area (Å²) in [6, 6.07) is 38.1. The van der Waals surface area contributed by atoms with Gasteiger partial charge in [-0.2, -0.15) is 0 Å². The highest BCUT2D eigenvalue weighted by Gasteiger charge is 2.32. The Kier molecular flexibility index (Phi) is 8.25. The van der Waals surface area contributed by atoms with Gasteiger partial charge in [-0.3, -0.25) is 14.2 Å². The molecule has 0 bridgehead atoms. The Labute approximate surface area is 275 Å². The second-order valence-electron chi connectivity index (χ2n) is 11.2. The number of para-hydroxylation sites is 1. The van der Waals surface area contributed by atoms with E-state index in [9.17, 15) is 9.59 Å². The molecular formula is C39H31N3O4S. The molecule has 0 saturated heterocycles.